The van der Waals surface area contributed by atoms with Crippen LogP contribution in [-0.4, -0.2) is 37.5 Å². The van der Waals surface area contributed by atoms with E-state index in [1.165, 1.54) is 11.0 Å². The van der Waals surface area contributed by atoms with Crippen LogP contribution in [0.4, 0.5) is 17.6 Å². The highest BCUT2D eigenvalue weighted by atomic mass is 35.5. The molecule has 1 aromatic carbocycles. The van der Waals surface area contributed by atoms with Gasteiger partial charge in [0, 0.05) is 31.7 Å². The summed E-state index contributed by atoms with van der Waals surface area (Å²) in [7, 11) is 0. The Hall–Kier alpha value is -0.560. The lowest BCUT2D eigenvalue weighted by atomic mass is 10.0. The minimum atomic E-state index is -2.82. The standard InChI is InChI=1S/C12H14F4N2.2ClH/c13-8-2-1-3-9(14)10(8)11(12(15)16)18-6-4-17-5-7-18;;/h1-3,11-12,17H,4-7H2;2*1H/t11-;;/m1../s1. The molecule has 0 aliphatic carbocycles. The smallest absolute Gasteiger partial charge is 0.258 e. The van der Waals surface area contributed by atoms with Gasteiger partial charge >= 0.3 is 0 Å². The van der Waals surface area contributed by atoms with E-state index in [9.17, 15) is 17.6 Å². The van der Waals surface area contributed by atoms with Gasteiger partial charge in [-0.1, -0.05) is 6.07 Å². The average Bonchev–Trinajstić information content (AvgIpc) is 2.34. The Kier molecular flexibility index (Phi) is 8.42. The largest absolute Gasteiger partial charge is 0.314 e. The lowest BCUT2D eigenvalue weighted by molar-refractivity contribution is 0.0145. The Morgan fingerprint density at radius 3 is 1.95 bits per heavy atom. The van der Waals surface area contributed by atoms with Crippen LogP contribution in [0, 0.1) is 11.6 Å². The Balaban J connectivity index is 0.00000180. The lowest BCUT2D eigenvalue weighted by Crippen LogP contribution is -2.47. The van der Waals surface area contributed by atoms with E-state index < -0.39 is 29.7 Å². The van der Waals surface area contributed by atoms with Gasteiger partial charge in [-0.3, -0.25) is 4.90 Å². The number of halogens is 6. The third-order valence-electron chi connectivity index (χ3n) is 3.08. The number of hydrogen-bond acceptors (Lipinski definition) is 2. The fourth-order valence-corrected chi connectivity index (χ4v) is 2.22. The first-order valence-corrected chi connectivity index (χ1v) is 5.78. The summed E-state index contributed by atoms with van der Waals surface area (Å²) in [6.07, 6.45) is -2.82. The highest BCUT2D eigenvalue weighted by Gasteiger charge is 2.34. The number of rotatable bonds is 3. The van der Waals surface area contributed by atoms with Crippen LogP contribution in [0.3, 0.4) is 0 Å². The maximum absolute atomic E-state index is 13.6. The molecule has 2 rings (SSSR count). The van der Waals surface area contributed by atoms with Crippen LogP contribution in [-0.2, 0) is 0 Å². The van der Waals surface area contributed by atoms with Crippen molar-refractivity contribution in [1.82, 2.24) is 10.2 Å². The number of nitrogens with zero attached hydrogens (tertiary/aromatic N) is 1. The van der Waals surface area contributed by atoms with E-state index >= 15 is 0 Å². The van der Waals surface area contributed by atoms with Gasteiger partial charge in [-0.25, -0.2) is 17.6 Å². The van der Waals surface area contributed by atoms with Crippen molar-refractivity contribution in [3.05, 3.63) is 35.4 Å². The van der Waals surface area contributed by atoms with Crippen molar-refractivity contribution in [2.45, 2.75) is 12.5 Å². The van der Waals surface area contributed by atoms with Crippen LogP contribution < -0.4 is 5.32 Å². The fraction of sp³-hybridized carbons (Fsp3) is 0.500. The predicted molar refractivity (Wildman–Crippen MR) is 74.0 cm³/mol. The minimum Gasteiger partial charge on any atom is -0.314 e. The van der Waals surface area contributed by atoms with E-state index in [1.54, 1.807) is 0 Å². The Labute approximate surface area is 127 Å². The van der Waals surface area contributed by atoms with Crippen molar-refractivity contribution in [2.75, 3.05) is 26.2 Å². The maximum Gasteiger partial charge on any atom is 0.258 e. The van der Waals surface area contributed by atoms with E-state index in [-0.39, 0.29) is 24.8 Å². The molecule has 0 saturated carbocycles. The van der Waals surface area contributed by atoms with Gasteiger partial charge in [0.15, 0.2) is 0 Å². The number of hydrogen-bond donors (Lipinski definition) is 1. The molecule has 0 aromatic heterocycles. The molecule has 2 nitrogen and oxygen atoms in total. The van der Waals surface area contributed by atoms with Crippen LogP contribution in [0.5, 0.6) is 0 Å². The molecular weight excluding hydrogens is 319 g/mol. The summed E-state index contributed by atoms with van der Waals surface area (Å²) < 4.78 is 53.5. The number of nitrogens with one attached hydrogen (secondary N) is 1. The summed E-state index contributed by atoms with van der Waals surface area (Å²) in [6.45, 7) is 1.78. The van der Waals surface area contributed by atoms with Gasteiger partial charge in [0.05, 0.1) is 0 Å². The third-order valence-corrected chi connectivity index (χ3v) is 3.08. The zero-order chi connectivity index (χ0) is 13.1. The summed E-state index contributed by atoms with van der Waals surface area (Å²) >= 11 is 0. The molecule has 1 aliphatic rings. The van der Waals surface area contributed by atoms with Gasteiger partial charge < -0.3 is 5.32 Å². The van der Waals surface area contributed by atoms with Crippen molar-refractivity contribution in [3.63, 3.8) is 0 Å². The lowest BCUT2D eigenvalue weighted by Gasteiger charge is -2.34. The number of alkyl halides is 2. The third kappa shape index (κ3) is 4.22. The molecule has 1 saturated heterocycles. The zero-order valence-electron chi connectivity index (χ0n) is 10.5. The SMILES string of the molecule is Cl.Cl.Fc1cccc(F)c1[C@H](C(F)F)N1CCNCC1. The van der Waals surface area contributed by atoms with Crippen LogP contribution in [0.2, 0.25) is 0 Å². The number of piperazine rings is 1. The molecule has 0 amide bonds. The molecule has 1 N–H and O–H groups in total. The minimum absolute atomic E-state index is 0. The van der Waals surface area contributed by atoms with Gasteiger partial charge in [0.25, 0.3) is 6.43 Å². The van der Waals surface area contributed by atoms with Gasteiger partial charge in [0.2, 0.25) is 0 Å². The van der Waals surface area contributed by atoms with Crippen molar-refractivity contribution >= 4 is 24.8 Å². The molecule has 20 heavy (non-hydrogen) atoms. The molecule has 0 radical (unpaired) electrons. The predicted octanol–water partition coefficient (Wildman–Crippen LogP) is 3.02. The number of benzene rings is 1. The van der Waals surface area contributed by atoms with Crippen LogP contribution in [0.15, 0.2) is 18.2 Å². The van der Waals surface area contributed by atoms with Crippen molar-refractivity contribution in [2.24, 2.45) is 0 Å². The van der Waals surface area contributed by atoms with E-state index in [0.717, 1.165) is 12.1 Å². The van der Waals surface area contributed by atoms with Gasteiger partial charge in [0.1, 0.15) is 17.7 Å². The molecule has 116 valence electrons. The second-order valence-electron chi connectivity index (χ2n) is 4.20. The highest BCUT2D eigenvalue weighted by molar-refractivity contribution is 5.85. The molecule has 1 aliphatic heterocycles. The second kappa shape index (κ2) is 8.67. The molecule has 0 unspecified atom stereocenters. The van der Waals surface area contributed by atoms with Gasteiger partial charge in [-0.05, 0) is 12.1 Å². The first kappa shape index (κ1) is 19.4. The summed E-state index contributed by atoms with van der Waals surface area (Å²) in [4.78, 5) is 1.42. The molecular formula is C12H16Cl2F4N2. The van der Waals surface area contributed by atoms with E-state index in [0.29, 0.717) is 26.2 Å². The Bertz CT molecular complexity index is 394. The Morgan fingerprint density at radius 2 is 1.50 bits per heavy atom. The van der Waals surface area contributed by atoms with E-state index in [4.69, 9.17) is 0 Å². The summed E-state index contributed by atoms with van der Waals surface area (Å²) in [5.41, 5.74) is -0.533. The summed E-state index contributed by atoms with van der Waals surface area (Å²) in [6, 6.07) is 1.67. The topological polar surface area (TPSA) is 15.3 Å². The average molecular weight is 335 g/mol. The van der Waals surface area contributed by atoms with Crippen LogP contribution >= 0.6 is 24.8 Å². The van der Waals surface area contributed by atoms with Gasteiger partial charge in [-0.2, -0.15) is 0 Å². The normalized spacial score (nSPS) is 17.2. The van der Waals surface area contributed by atoms with Crippen molar-refractivity contribution < 1.29 is 17.6 Å². The molecule has 1 atom stereocenters. The maximum atomic E-state index is 13.6. The first-order valence-electron chi connectivity index (χ1n) is 5.78. The molecule has 0 spiro atoms. The quantitative estimate of drug-likeness (QED) is 0.855. The summed E-state index contributed by atoms with van der Waals surface area (Å²) in [5, 5.41) is 3.02. The second-order valence-corrected chi connectivity index (χ2v) is 4.20. The monoisotopic (exact) mass is 334 g/mol. The first-order chi connectivity index (χ1) is 8.61. The molecule has 1 fully saturated rings. The molecule has 1 heterocycles. The molecule has 8 heteroatoms. The van der Waals surface area contributed by atoms with E-state index in [2.05, 4.69) is 5.32 Å². The Morgan fingerprint density at radius 1 is 1.00 bits per heavy atom. The highest BCUT2D eigenvalue weighted by Crippen LogP contribution is 2.31. The van der Waals surface area contributed by atoms with Crippen molar-refractivity contribution in [1.29, 1.82) is 0 Å². The summed E-state index contributed by atoms with van der Waals surface area (Å²) in [5.74, 6) is -1.84. The fourth-order valence-electron chi connectivity index (χ4n) is 2.22. The van der Waals surface area contributed by atoms with E-state index in [1.807, 2.05) is 0 Å². The van der Waals surface area contributed by atoms with Gasteiger partial charge in [-0.15, -0.1) is 24.8 Å². The molecule has 0 bridgehead atoms. The van der Waals surface area contributed by atoms with Crippen molar-refractivity contribution in [3.8, 4) is 0 Å². The zero-order valence-corrected chi connectivity index (χ0v) is 12.1. The van der Waals surface area contributed by atoms with Crippen LogP contribution in [0.1, 0.15) is 11.6 Å². The molecule has 1 aromatic rings. The van der Waals surface area contributed by atoms with Crippen LogP contribution in [0.25, 0.3) is 0 Å².